The SMILES string of the molecule is CC.CCCC(=O)N(C=O)c1ccc(CCCC(=O)O)cc1. The van der Waals surface area contributed by atoms with E-state index >= 15 is 0 Å². The van der Waals surface area contributed by atoms with Crippen LogP contribution in [0.1, 0.15) is 52.0 Å². The lowest BCUT2D eigenvalue weighted by molar-refractivity contribution is -0.137. The number of aryl methyl sites for hydroxylation is 1. The van der Waals surface area contributed by atoms with Gasteiger partial charge < -0.3 is 5.11 Å². The lowest BCUT2D eigenvalue weighted by atomic mass is 10.1. The van der Waals surface area contributed by atoms with Gasteiger partial charge in [-0.3, -0.25) is 19.3 Å². The van der Waals surface area contributed by atoms with E-state index in [1.54, 1.807) is 12.1 Å². The van der Waals surface area contributed by atoms with Gasteiger partial charge in [0.2, 0.25) is 12.3 Å². The Morgan fingerprint density at radius 1 is 1.14 bits per heavy atom. The molecule has 0 atom stereocenters. The molecule has 0 spiro atoms. The number of benzene rings is 1. The minimum absolute atomic E-state index is 0.136. The molecule has 1 aromatic carbocycles. The van der Waals surface area contributed by atoms with Crippen molar-refractivity contribution in [2.75, 3.05) is 4.90 Å². The second-order valence-electron chi connectivity index (χ2n) is 4.53. The number of carboxylic acids is 1. The van der Waals surface area contributed by atoms with E-state index < -0.39 is 5.97 Å². The second-order valence-corrected chi connectivity index (χ2v) is 4.53. The first-order valence-corrected chi connectivity index (χ1v) is 7.66. The van der Waals surface area contributed by atoms with Crippen LogP contribution in [0.15, 0.2) is 24.3 Å². The molecule has 0 saturated carbocycles. The number of imide groups is 1. The Morgan fingerprint density at radius 2 is 1.73 bits per heavy atom. The highest BCUT2D eigenvalue weighted by molar-refractivity contribution is 6.06. The van der Waals surface area contributed by atoms with E-state index in [1.165, 1.54) is 0 Å². The molecule has 0 heterocycles. The number of carbonyl (C=O) groups excluding carboxylic acids is 2. The summed E-state index contributed by atoms with van der Waals surface area (Å²) in [7, 11) is 0. The van der Waals surface area contributed by atoms with Gasteiger partial charge in [-0.25, -0.2) is 0 Å². The van der Waals surface area contributed by atoms with Crippen molar-refractivity contribution in [3.8, 4) is 0 Å². The van der Waals surface area contributed by atoms with Crippen molar-refractivity contribution in [2.24, 2.45) is 0 Å². The van der Waals surface area contributed by atoms with Gasteiger partial charge in [-0.15, -0.1) is 0 Å². The zero-order chi connectivity index (χ0) is 17.0. The Balaban J connectivity index is 0.00000211. The molecule has 1 aromatic rings. The summed E-state index contributed by atoms with van der Waals surface area (Å²) in [5.41, 5.74) is 1.53. The fourth-order valence-corrected chi connectivity index (χ4v) is 1.86. The normalized spacial score (nSPS) is 9.41. The molecule has 0 aliphatic heterocycles. The summed E-state index contributed by atoms with van der Waals surface area (Å²) >= 11 is 0. The first-order chi connectivity index (χ1) is 10.6. The Bertz CT molecular complexity index is 468. The van der Waals surface area contributed by atoms with Crippen LogP contribution in [0.5, 0.6) is 0 Å². The van der Waals surface area contributed by atoms with E-state index in [4.69, 9.17) is 5.11 Å². The number of rotatable bonds is 8. The maximum Gasteiger partial charge on any atom is 0.303 e. The number of carboxylic acid groups (broad SMARTS) is 1. The zero-order valence-electron chi connectivity index (χ0n) is 13.5. The quantitative estimate of drug-likeness (QED) is 0.747. The van der Waals surface area contributed by atoms with Gasteiger partial charge in [0.15, 0.2) is 0 Å². The van der Waals surface area contributed by atoms with E-state index in [2.05, 4.69) is 0 Å². The summed E-state index contributed by atoms with van der Waals surface area (Å²) < 4.78 is 0. The van der Waals surface area contributed by atoms with Gasteiger partial charge in [-0.05, 0) is 37.0 Å². The van der Waals surface area contributed by atoms with E-state index in [9.17, 15) is 14.4 Å². The van der Waals surface area contributed by atoms with E-state index in [0.29, 0.717) is 37.8 Å². The molecule has 1 N–H and O–H groups in total. The number of anilines is 1. The van der Waals surface area contributed by atoms with Crippen molar-refractivity contribution in [1.29, 1.82) is 0 Å². The van der Waals surface area contributed by atoms with Crippen molar-refractivity contribution in [1.82, 2.24) is 0 Å². The molecule has 0 bridgehead atoms. The molecule has 0 aliphatic rings. The van der Waals surface area contributed by atoms with Gasteiger partial charge in [0.25, 0.3) is 0 Å². The number of hydrogen-bond acceptors (Lipinski definition) is 3. The molecule has 2 amide bonds. The van der Waals surface area contributed by atoms with Gasteiger partial charge in [0, 0.05) is 12.8 Å². The average molecular weight is 307 g/mol. The lowest BCUT2D eigenvalue weighted by Gasteiger charge is -2.15. The summed E-state index contributed by atoms with van der Waals surface area (Å²) in [6.07, 6.45) is 2.92. The van der Waals surface area contributed by atoms with Crippen LogP contribution in [0.25, 0.3) is 0 Å². The molecule has 0 aromatic heterocycles. The Labute approximate surface area is 131 Å². The second kappa shape index (κ2) is 11.5. The third-order valence-corrected chi connectivity index (χ3v) is 2.91. The highest BCUT2D eigenvalue weighted by Crippen LogP contribution is 2.16. The smallest absolute Gasteiger partial charge is 0.303 e. The van der Waals surface area contributed by atoms with Gasteiger partial charge in [-0.1, -0.05) is 32.9 Å². The Kier molecular flexibility index (Phi) is 10.4. The number of carbonyl (C=O) groups is 3. The van der Waals surface area contributed by atoms with E-state index in [-0.39, 0.29) is 12.3 Å². The lowest BCUT2D eigenvalue weighted by Crippen LogP contribution is -2.28. The Hall–Kier alpha value is -2.17. The van der Waals surface area contributed by atoms with Crippen LogP contribution in [-0.2, 0) is 20.8 Å². The standard InChI is InChI=1S/C15H19NO4.C2H6/c1-2-4-14(18)16(11-17)13-9-7-12(8-10-13)5-3-6-15(19)20;1-2/h7-11H,2-6H2,1H3,(H,19,20);1-2H3. The summed E-state index contributed by atoms with van der Waals surface area (Å²) in [6.45, 7) is 5.88. The fraction of sp³-hybridized carbons (Fsp3) is 0.471. The van der Waals surface area contributed by atoms with Crippen LogP contribution in [0.3, 0.4) is 0 Å². The maximum atomic E-state index is 11.7. The van der Waals surface area contributed by atoms with Crippen LogP contribution in [0, 0.1) is 0 Å². The van der Waals surface area contributed by atoms with Crippen LogP contribution in [-0.4, -0.2) is 23.4 Å². The minimum Gasteiger partial charge on any atom is -0.481 e. The first kappa shape index (κ1) is 19.8. The van der Waals surface area contributed by atoms with Gasteiger partial charge in [0.05, 0.1) is 5.69 Å². The van der Waals surface area contributed by atoms with Crippen LogP contribution >= 0.6 is 0 Å². The van der Waals surface area contributed by atoms with Gasteiger partial charge >= 0.3 is 5.97 Å². The van der Waals surface area contributed by atoms with Crippen molar-refractivity contribution in [3.05, 3.63) is 29.8 Å². The monoisotopic (exact) mass is 307 g/mol. The highest BCUT2D eigenvalue weighted by atomic mass is 16.4. The summed E-state index contributed by atoms with van der Waals surface area (Å²) in [5, 5.41) is 8.57. The van der Waals surface area contributed by atoms with Crippen LogP contribution < -0.4 is 4.90 Å². The van der Waals surface area contributed by atoms with Crippen LogP contribution in [0.2, 0.25) is 0 Å². The maximum absolute atomic E-state index is 11.7. The van der Waals surface area contributed by atoms with Crippen molar-refractivity contribution < 1.29 is 19.5 Å². The molecule has 5 heteroatoms. The number of hydrogen-bond donors (Lipinski definition) is 1. The fourth-order valence-electron chi connectivity index (χ4n) is 1.86. The summed E-state index contributed by atoms with van der Waals surface area (Å²) in [5.74, 6) is -1.03. The van der Waals surface area contributed by atoms with Gasteiger partial charge in [0.1, 0.15) is 0 Å². The van der Waals surface area contributed by atoms with Gasteiger partial charge in [-0.2, -0.15) is 0 Å². The predicted molar refractivity (Wildman–Crippen MR) is 86.8 cm³/mol. The largest absolute Gasteiger partial charge is 0.481 e. The molecule has 0 saturated heterocycles. The van der Waals surface area contributed by atoms with Crippen LogP contribution in [0.4, 0.5) is 5.69 Å². The molecular weight excluding hydrogens is 282 g/mol. The first-order valence-electron chi connectivity index (χ1n) is 7.66. The molecule has 5 nitrogen and oxygen atoms in total. The molecule has 0 unspecified atom stereocenters. The average Bonchev–Trinajstić information content (AvgIpc) is 2.51. The highest BCUT2D eigenvalue weighted by Gasteiger charge is 2.13. The summed E-state index contributed by atoms with van der Waals surface area (Å²) in [4.78, 5) is 34.3. The number of nitrogens with zero attached hydrogens (tertiary/aromatic N) is 1. The number of amides is 2. The molecule has 122 valence electrons. The number of aliphatic carboxylic acids is 1. The third-order valence-electron chi connectivity index (χ3n) is 2.91. The molecular formula is C17H25NO4. The molecule has 0 fully saturated rings. The van der Waals surface area contributed by atoms with E-state index in [0.717, 1.165) is 10.5 Å². The topological polar surface area (TPSA) is 74.7 Å². The summed E-state index contributed by atoms with van der Waals surface area (Å²) in [6, 6.07) is 7.04. The molecule has 1 rings (SSSR count). The van der Waals surface area contributed by atoms with Crippen molar-refractivity contribution >= 4 is 24.0 Å². The Morgan fingerprint density at radius 3 is 2.18 bits per heavy atom. The zero-order valence-corrected chi connectivity index (χ0v) is 13.5. The predicted octanol–water partition coefficient (Wildman–Crippen LogP) is 3.41. The molecule has 0 aliphatic carbocycles. The minimum atomic E-state index is -0.807. The van der Waals surface area contributed by atoms with Crippen molar-refractivity contribution in [3.63, 3.8) is 0 Å². The third kappa shape index (κ3) is 7.02. The van der Waals surface area contributed by atoms with E-state index in [1.807, 2.05) is 32.9 Å². The molecule has 0 radical (unpaired) electrons. The van der Waals surface area contributed by atoms with Crippen molar-refractivity contribution in [2.45, 2.75) is 52.9 Å². The molecule has 22 heavy (non-hydrogen) atoms.